The van der Waals surface area contributed by atoms with Crippen LogP contribution < -0.4 is 4.74 Å². The number of ether oxygens (including phenoxy) is 6. The topological polar surface area (TPSA) is 127 Å². The maximum Gasteiger partial charge on any atom is 0.379 e. The molecule has 1 fully saturated rings. The number of nitrogens with zero attached hydrogens (tertiary/aromatic N) is 1. The third-order valence-electron chi connectivity index (χ3n) is 8.91. The summed E-state index contributed by atoms with van der Waals surface area (Å²) in [4.78, 5) is 55.8. The fourth-order valence-corrected chi connectivity index (χ4v) is 6.23. The molecule has 4 atom stereocenters. The first-order valence-corrected chi connectivity index (χ1v) is 17.9. The summed E-state index contributed by atoms with van der Waals surface area (Å²) in [6.45, 7) is 5.98. The number of carbonyl (C=O) groups is 4. The smallest absolute Gasteiger partial charge is 0.379 e. The van der Waals surface area contributed by atoms with Gasteiger partial charge < -0.3 is 33.3 Å². The van der Waals surface area contributed by atoms with Gasteiger partial charge in [-0.1, -0.05) is 91.0 Å². The number of carbonyl (C=O) groups excluding carboxylic acids is 4. The first kappa shape index (κ1) is 39.7. The van der Waals surface area contributed by atoms with Crippen molar-refractivity contribution in [2.45, 2.75) is 76.6 Å². The molecule has 11 nitrogen and oxygen atoms in total. The molecule has 4 aromatic carbocycles. The second kappa shape index (κ2) is 18.0. The van der Waals surface area contributed by atoms with E-state index in [-0.39, 0.29) is 12.5 Å². The van der Waals surface area contributed by atoms with Crippen LogP contribution in [-0.4, -0.2) is 72.5 Å². The minimum Gasteiger partial charge on any atom is -0.465 e. The van der Waals surface area contributed by atoms with Gasteiger partial charge in [0.1, 0.15) is 30.3 Å². The zero-order chi connectivity index (χ0) is 38.7. The number of rotatable bonds is 15. The zero-order valence-corrected chi connectivity index (χ0v) is 31.3. The van der Waals surface area contributed by atoms with Gasteiger partial charge in [0.2, 0.25) is 0 Å². The number of esters is 3. The van der Waals surface area contributed by atoms with Crippen LogP contribution in [0.25, 0.3) is 0 Å². The van der Waals surface area contributed by atoms with Crippen molar-refractivity contribution in [2.24, 2.45) is 0 Å². The number of aryl methyl sites for hydroxylation is 1. The van der Waals surface area contributed by atoms with Crippen molar-refractivity contribution >= 4 is 23.8 Å². The van der Waals surface area contributed by atoms with Gasteiger partial charge >= 0.3 is 23.7 Å². The molecular formula is C43H47NO10. The minimum absolute atomic E-state index is 0.177. The molecule has 5 rings (SSSR count). The third kappa shape index (κ3) is 10.3. The Morgan fingerprint density at radius 3 is 1.96 bits per heavy atom. The molecular weight excluding hydrogens is 690 g/mol. The van der Waals surface area contributed by atoms with Gasteiger partial charge in [0.15, 0.2) is 6.10 Å². The van der Waals surface area contributed by atoms with Crippen molar-refractivity contribution < 1.29 is 47.6 Å². The van der Waals surface area contributed by atoms with Crippen LogP contribution in [0.4, 0.5) is 0 Å². The minimum atomic E-state index is -2.65. The molecule has 1 aliphatic heterocycles. The average molecular weight is 738 g/mol. The molecule has 0 aromatic heterocycles. The molecule has 0 N–H and O–H groups in total. The van der Waals surface area contributed by atoms with E-state index in [4.69, 9.17) is 28.4 Å². The normalized spacial score (nSPS) is 17.8. The molecule has 1 heterocycles. The number of hydrogen-bond donors (Lipinski definition) is 0. The monoisotopic (exact) mass is 737 g/mol. The van der Waals surface area contributed by atoms with Crippen LogP contribution in [0.15, 0.2) is 115 Å². The van der Waals surface area contributed by atoms with Gasteiger partial charge in [-0.25, -0.2) is 9.59 Å². The van der Waals surface area contributed by atoms with Gasteiger partial charge in [0.25, 0.3) is 5.91 Å². The van der Waals surface area contributed by atoms with Gasteiger partial charge in [0, 0.05) is 12.0 Å². The van der Waals surface area contributed by atoms with Crippen LogP contribution >= 0.6 is 0 Å². The summed E-state index contributed by atoms with van der Waals surface area (Å²) < 4.78 is 33.5. The van der Waals surface area contributed by atoms with Crippen LogP contribution in [0.5, 0.6) is 11.5 Å². The van der Waals surface area contributed by atoms with E-state index in [1.807, 2.05) is 97.9 Å². The molecule has 54 heavy (non-hydrogen) atoms. The number of benzene rings is 4. The Morgan fingerprint density at radius 2 is 1.37 bits per heavy atom. The van der Waals surface area contributed by atoms with Crippen molar-refractivity contribution in [1.29, 1.82) is 0 Å². The highest BCUT2D eigenvalue weighted by Crippen LogP contribution is 2.34. The SMILES string of the molecule is COC(=O)[C@@]1(C(=O)OCc2ccccc2)OC[C@@H](C(=O)N(CC(=O)OC(C)(C)C)[C@H](C)[C@H](CCc2ccccc2)c2ccc(Oc3ccccc3)cc2)O1. The summed E-state index contributed by atoms with van der Waals surface area (Å²) in [5.74, 6) is -5.28. The molecule has 0 unspecified atom stereocenters. The summed E-state index contributed by atoms with van der Waals surface area (Å²) in [6.07, 6.45) is -0.189. The predicted molar refractivity (Wildman–Crippen MR) is 199 cm³/mol. The predicted octanol–water partition coefficient (Wildman–Crippen LogP) is 6.78. The highest BCUT2D eigenvalue weighted by molar-refractivity contribution is 6.03. The van der Waals surface area contributed by atoms with Crippen molar-refractivity contribution in [3.8, 4) is 11.5 Å². The van der Waals surface area contributed by atoms with E-state index < -0.39 is 60.5 Å². The van der Waals surface area contributed by atoms with Crippen LogP contribution in [0.2, 0.25) is 0 Å². The molecule has 0 saturated carbocycles. The molecule has 0 radical (unpaired) electrons. The lowest BCUT2D eigenvalue weighted by atomic mass is 9.85. The van der Waals surface area contributed by atoms with Crippen LogP contribution in [-0.2, 0) is 55.9 Å². The molecule has 0 aliphatic carbocycles. The molecule has 0 bridgehead atoms. The summed E-state index contributed by atoms with van der Waals surface area (Å²) in [6, 6.07) is 35.3. The lowest BCUT2D eigenvalue weighted by molar-refractivity contribution is -0.224. The van der Waals surface area contributed by atoms with E-state index in [9.17, 15) is 19.2 Å². The number of methoxy groups -OCH3 is 1. The molecule has 1 aliphatic rings. The first-order chi connectivity index (χ1) is 25.9. The Labute approximate surface area is 316 Å². The fourth-order valence-electron chi connectivity index (χ4n) is 6.23. The van der Waals surface area contributed by atoms with E-state index >= 15 is 0 Å². The van der Waals surface area contributed by atoms with E-state index in [1.54, 1.807) is 45.0 Å². The van der Waals surface area contributed by atoms with Crippen LogP contribution in [0, 0.1) is 0 Å². The van der Waals surface area contributed by atoms with Gasteiger partial charge in [-0.15, -0.1) is 0 Å². The summed E-state index contributed by atoms with van der Waals surface area (Å²) >= 11 is 0. The van der Waals surface area contributed by atoms with Crippen molar-refractivity contribution in [2.75, 3.05) is 20.3 Å². The van der Waals surface area contributed by atoms with E-state index in [0.717, 1.165) is 18.2 Å². The van der Waals surface area contributed by atoms with Gasteiger partial charge in [-0.3, -0.25) is 9.59 Å². The lowest BCUT2D eigenvalue weighted by Gasteiger charge is -2.36. The fraction of sp³-hybridized carbons (Fsp3) is 0.349. The van der Waals surface area contributed by atoms with Gasteiger partial charge in [0.05, 0.1) is 13.7 Å². The van der Waals surface area contributed by atoms with E-state index in [1.165, 1.54) is 4.90 Å². The lowest BCUT2D eigenvalue weighted by Crippen LogP contribution is -2.53. The van der Waals surface area contributed by atoms with Crippen molar-refractivity contribution in [3.63, 3.8) is 0 Å². The third-order valence-corrected chi connectivity index (χ3v) is 8.91. The maximum atomic E-state index is 14.5. The average Bonchev–Trinajstić information content (AvgIpc) is 3.63. The molecule has 4 aromatic rings. The Bertz CT molecular complexity index is 1840. The molecule has 284 valence electrons. The first-order valence-electron chi connectivity index (χ1n) is 17.9. The zero-order valence-electron chi connectivity index (χ0n) is 31.3. The summed E-state index contributed by atoms with van der Waals surface area (Å²) in [5.41, 5.74) is 1.84. The number of para-hydroxylation sites is 1. The Hall–Kier alpha value is -5.52. The summed E-state index contributed by atoms with van der Waals surface area (Å²) in [7, 11) is 1.07. The van der Waals surface area contributed by atoms with Gasteiger partial charge in [-0.05, 0) is 81.5 Å². The van der Waals surface area contributed by atoms with E-state index in [2.05, 4.69) is 0 Å². The molecule has 11 heteroatoms. The number of hydrogen-bond acceptors (Lipinski definition) is 10. The highest BCUT2D eigenvalue weighted by atomic mass is 16.8. The van der Waals surface area contributed by atoms with E-state index in [0.29, 0.717) is 29.9 Å². The van der Waals surface area contributed by atoms with Gasteiger partial charge in [-0.2, -0.15) is 0 Å². The maximum absolute atomic E-state index is 14.5. The van der Waals surface area contributed by atoms with Crippen LogP contribution in [0.3, 0.4) is 0 Å². The molecule has 1 amide bonds. The highest BCUT2D eigenvalue weighted by Gasteiger charge is 2.60. The Balaban J connectivity index is 1.44. The molecule has 1 saturated heterocycles. The summed E-state index contributed by atoms with van der Waals surface area (Å²) in [5, 5.41) is 0. The Kier molecular flexibility index (Phi) is 13.2. The standard InChI is InChI=1S/C43H47NO10/c1-30(36(26-21-31-15-9-6-10-16-31)33-22-24-35(25-23-33)52-34-19-13-8-14-20-34)44(27-38(45)54-42(2,3)4)39(46)37-29-51-43(53-37,40(47)49-5)41(48)50-28-32-17-11-7-12-18-32/h6-20,22-25,30,36-37H,21,26-29H2,1-5H3/t30-,36+,37+,43-/m1/s1. The molecule has 0 spiro atoms. The Morgan fingerprint density at radius 1 is 0.796 bits per heavy atom. The van der Waals surface area contributed by atoms with Crippen molar-refractivity contribution in [1.82, 2.24) is 4.90 Å². The quantitative estimate of drug-likeness (QED) is 0.0732. The van der Waals surface area contributed by atoms with Crippen LogP contribution in [0.1, 0.15) is 56.7 Å². The second-order valence-electron chi connectivity index (χ2n) is 14.0. The number of amides is 1. The second-order valence-corrected chi connectivity index (χ2v) is 14.0. The van der Waals surface area contributed by atoms with Crippen molar-refractivity contribution in [3.05, 3.63) is 132 Å². The largest absolute Gasteiger partial charge is 0.465 e.